The Balaban J connectivity index is 1.97. The number of nitrogens with zero attached hydrogens (tertiary/aromatic N) is 1. The van der Waals surface area contributed by atoms with Crippen LogP contribution in [-0.2, 0) is 13.2 Å². The van der Waals surface area contributed by atoms with Crippen molar-refractivity contribution in [2.75, 3.05) is 6.54 Å². The molecule has 0 amide bonds. The van der Waals surface area contributed by atoms with E-state index in [4.69, 9.17) is 4.74 Å². The summed E-state index contributed by atoms with van der Waals surface area (Å²) >= 11 is 5.21. The number of ether oxygens (including phenoxy) is 1. The first-order valence-electron chi connectivity index (χ1n) is 6.21. The van der Waals surface area contributed by atoms with Gasteiger partial charge in [-0.3, -0.25) is 4.98 Å². The summed E-state index contributed by atoms with van der Waals surface area (Å²) in [5.41, 5.74) is 1.25. The molecule has 0 radical (unpaired) electrons. The number of hydrogen-bond acceptors (Lipinski definition) is 4. The molecule has 0 spiro atoms. The maximum atomic E-state index is 5.77. The van der Waals surface area contributed by atoms with Crippen LogP contribution in [0.1, 0.15) is 22.2 Å². The Bertz CT molecular complexity index is 542. The van der Waals surface area contributed by atoms with Crippen LogP contribution < -0.4 is 10.1 Å². The minimum atomic E-state index is 0.590. The first kappa shape index (κ1) is 14.5. The highest BCUT2D eigenvalue weighted by Gasteiger charge is 2.06. The van der Waals surface area contributed by atoms with Gasteiger partial charge in [0.1, 0.15) is 12.4 Å². The summed E-state index contributed by atoms with van der Waals surface area (Å²) in [7, 11) is 0. The number of aromatic nitrogens is 1. The van der Waals surface area contributed by atoms with Gasteiger partial charge in [-0.05, 0) is 41.5 Å². The quantitative estimate of drug-likeness (QED) is 0.865. The van der Waals surface area contributed by atoms with Gasteiger partial charge in [0, 0.05) is 32.5 Å². The Labute approximate surface area is 126 Å². The molecule has 102 valence electrons. The highest BCUT2D eigenvalue weighted by molar-refractivity contribution is 9.10. The summed E-state index contributed by atoms with van der Waals surface area (Å²) in [6.07, 6.45) is 3.48. The van der Waals surface area contributed by atoms with Crippen LogP contribution in [0.5, 0.6) is 5.75 Å². The molecular weight excluding hydrogens is 324 g/mol. The second-order valence-electron chi connectivity index (χ2n) is 4.20. The van der Waals surface area contributed by atoms with Crippen LogP contribution >= 0.6 is 27.3 Å². The number of nitrogens with one attached hydrogen (secondary N) is 1. The van der Waals surface area contributed by atoms with Gasteiger partial charge in [0.05, 0.1) is 6.20 Å². The molecule has 2 aromatic heterocycles. The summed E-state index contributed by atoms with van der Waals surface area (Å²) in [6, 6.07) is 4.14. The van der Waals surface area contributed by atoms with Crippen LogP contribution in [0.15, 0.2) is 29.0 Å². The van der Waals surface area contributed by atoms with Crippen molar-refractivity contribution >= 4 is 27.3 Å². The van der Waals surface area contributed by atoms with Crippen LogP contribution in [0, 0.1) is 6.92 Å². The van der Waals surface area contributed by atoms with Gasteiger partial charge in [-0.1, -0.05) is 6.92 Å². The van der Waals surface area contributed by atoms with Gasteiger partial charge < -0.3 is 10.1 Å². The van der Waals surface area contributed by atoms with E-state index in [-0.39, 0.29) is 0 Å². The zero-order valence-electron chi connectivity index (χ0n) is 11.1. The zero-order chi connectivity index (χ0) is 13.7. The van der Waals surface area contributed by atoms with E-state index in [0.29, 0.717) is 6.61 Å². The fraction of sp³-hybridized carbons (Fsp3) is 0.357. The summed E-state index contributed by atoms with van der Waals surface area (Å²) in [5, 5.41) is 3.34. The predicted molar refractivity (Wildman–Crippen MR) is 82.7 cm³/mol. The monoisotopic (exact) mass is 340 g/mol. The van der Waals surface area contributed by atoms with Gasteiger partial charge in [0.25, 0.3) is 0 Å². The van der Waals surface area contributed by atoms with Crippen molar-refractivity contribution in [3.05, 3.63) is 44.3 Å². The molecule has 1 N–H and O–H groups in total. The highest BCUT2D eigenvalue weighted by Crippen LogP contribution is 2.24. The van der Waals surface area contributed by atoms with E-state index in [1.807, 2.05) is 17.4 Å². The van der Waals surface area contributed by atoms with Gasteiger partial charge in [-0.2, -0.15) is 0 Å². The van der Waals surface area contributed by atoms with Crippen LogP contribution in [-0.4, -0.2) is 11.5 Å². The summed E-state index contributed by atoms with van der Waals surface area (Å²) in [5.74, 6) is 0.785. The number of halogens is 1. The molecule has 0 bridgehead atoms. The standard InChI is InChI=1S/C14H17BrN2OS/c1-3-16-8-14-4-11(10(2)19-14)9-18-13-5-12(15)6-17-7-13/h4-7,16H,3,8-9H2,1-2H3. The normalized spacial score (nSPS) is 10.7. The lowest BCUT2D eigenvalue weighted by atomic mass is 10.2. The summed E-state index contributed by atoms with van der Waals surface area (Å²) in [6.45, 7) is 6.77. The van der Waals surface area contributed by atoms with Crippen LogP contribution in [0.25, 0.3) is 0 Å². The molecule has 0 fully saturated rings. The lowest BCUT2D eigenvalue weighted by Crippen LogP contribution is -2.10. The minimum absolute atomic E-state index is 0.590. The number of thiophene rings is 1. The first-order chi connectivity index (χ1) is 9.19. The van der Waals surface area contributed by atoms with E-state index in [2.05, 4.69) is 46.1 Å². The zero-order valence-corrected chi connectivity index (χ0v) is 13.5. The average Bonchev–Trinajstić information content (AvgIpc) is 2.75. The summed E-state index contributed by atoms with van der Waals surface area (Å²) < 4.78 is 6.70. The third-order valence-electron chi connectivity index (χ3n) is 2.69. The molecule has 19 heavy (non-hydrogen) atoms. The molecule has 0 unspecified atom stereocenters. The summed E-state index contributed by atoms with van der Waals surface area (Å²) in [4.78, 5) is 6.75. The lowest BCUT2D eigenvalue weighted by molar-refractivity contribution is 0.304. The topological polar surface area (TPSA) is 34.1 Å². The molecule has 3 nitrogen and oxygen atoms in total. The molecular formula is C14H17BrN2OS. The Kier molecular flexibility index (Phi) is 5.36. The van der Waals surface area contributed by atoms with E-state index < -0.39 is 0 Å². The van der Waals surface area contributed by atoms with Crippen LogP contribution in [0.4, 0.5) is 0 Å². The Hall–Kier alpha value is -0.910. The molecule has 5 heteroatoms. The van der Waals surface area contributed by atoms with Gasteiger partial charge in [-0.25, -0.2) is 0 Å². The SMILES string of the molecule is CCNCc1cc(COc2cncc(Br)c2)c(C)s1. The fourth-order valence-corrected chi connectivity index (χ4v) is 3.06. The molecule has 2 aromatic rings. The van der Waals surface area contributed by atoms with Crippen molar-refractivity contribution in [1.29, 1.82) is 0 Å². The largest absolute Gasteiger partial charge is 0.487 e. The molecule has 0 aromatic carbocycles. The van der Waals surface area contributed by atoms with Crippen molar-refractivity contribution < 1.29 is 4.74 Å². The minimum Gasteiger partial charge on any atom is -0.487 e. The molecule has 0 aliphatic rings. The number of aryl methyl sites for hydroxylation is 1. The van der Waals surface area contributed by atoms with E-state index in [1.54, 1.807) is 12.4 Å². The maximum Gasteiger partial charge on any atom is 0.139 e. The molecule has 2 heterocycles. The molecule has 2 rings (SSSR count). The Morgan fingerprint density at radius 1 is 1.37 bits per heavy atom. The smallest absolute Gasteiger partial charge is 0.139 e. The number of rotatable bonds is 6. The third-order valence-corrected chi connectivity index (χ3v) is 4.22. The van der Waals surface area contributed by atoms with E-state index in [9.17, 15) is 0 Å². The van der Waals surface area contributed by atoms with Gasteiger partial charge in [0.15, 0.2) is 0 Å². The van der Waals surface area contributed by atoms with Crippen molar-refractivity contribution in [2.45, 2.75) is 27.0 Å². The van der Waals surface area contributed by atoms with Crippen molar-refractivity contribution in [3.8, 4) is 5.75 Å². The molecule has 0 saturated carbocycles. The van der Waals surface area contributed by atoms with Crippen molar-refractivity contribution in [1.82, 2.24) is 10.3 Å². The third kappa shape index (κ3) is 4.30. The molecule has 0 aliphatic heterocycles. The fourth-order valence-electron chi connectivity index (χ4n) is 1.70. The molecule has 0 atom stereocenters. The van der Waals surface area contributed by atoms with Crippen molar-refractivity contribution in [2.24, 2.45) is 0 Å². The van der Waals surface area contributed by atoms with Gasteiger partial charge in [0.2, 0.25) is 0 Å². The highest BCUT2D eigenvalue weighted by atomic mass is 79.9. The average molecular weight is 341 g/mol. The Morgan fingerprint density at radius 3 is 2.95 bits per heavy atom. The second kappa shape index (κ2) is 7.03. The number of pyridine rings is 1. The maximum absolute atomic E-state index is 5.77. The van der Waals surface area contributed by atoms with E-state index in [0.717, 1.165) is 23.3 Å². The predicted octanol–water partition coefficient (Wildman–Crippen LogP) is 3.90. The van der Waals surface area contributed by atoms with E-state index in [1.165, 1.54) is 15.3 Å². The van der Waals surface area contributed by atoms with Crippen LogP contribution in [0.3, 0.4) is 0 Å². The molecule has 0 aliphatic carbocycles. The van der Waals surface area contributed by atoms with Gasteiger partial charge in [-0.15, -0.1) is 11.3 Å². The van der Waals surface area contributed by atoms with E-state index >= 15 is 0 Å². The first-order valence-corrected chi connectivity index (χ1v) is 7.82. The number of hydrogen-bond donors (Lipinski definition) is 1. The van der Waals surface area contributed by atoms with Gasteiger partial charge >= 0.3 is 0 Å². The molecule has 0 saturated heterocycles. The lowest BCUT2D eigenvalue weighted by Gasteiger charge is -2.05. The van der Waals surface area contributed by atoms with Crippen LogP contribution in [0.2, 0.25) is 0 Å². The van der Waals surface area contributed by atoms with Crippen molar-refractivity contribution in [3.63, 3.8) is 0 Å². The Morgan fingerprint density at radius 2 is 2.21 bits per heavy atom. The second-order valence-corrected chi connectivity index (χ2v) is 6.46.